The van der Waals surface area contributed by atoms with Crippen molar-refractivity contribution < 1.29 is 0 Å². The molecule has 1 atom stereocenters. The van der Waals surface area contributed by atoms with Crippen LogP contribution in [0.5, 0.6) is 0 Å². The molecule has 2 fully saturated rings. The smallest absolute Gasteiger partial charge is 0.203 e. The Morgan fingerprint density at radius 3 is 2.89 bits per heavy atom. The first-order chi connectivity index (χ1) is 9.16. The van der Waals surface area contributed by atoms with Gasteiger partial charge in [-0.3, -0.25) is 0 Å². The van der Waals surface area contributed by atoms with Crippen molar-refractivity contribution >= 4 is 17.7 Å². The van der Waals surface area contributed by atoms with Crippen LogP contribution < -0.4 is 5.32 Å². The molecule has 1 saturated heterocycles. The third-order valence-electron chi connectivity index (χ3n) is 4.49. The first-order valence-corrected chi connectivity index (χ1v) is 8.58. The molecule has 4 heteroatoms. The Morgan fingerprint density at radius 2 is 2.21 bits per heavy atom. The van der Waals surface area contributed by atoms with E-state index in [1.165, 1.54) is 44.3 Å². The van der Waals surface area contributed by atoms with Crippen LogP contribution in [0.1, 0.15) is 57.2 Å². The minimum absolute atomic E-state index is 0.403. The quantitative estimate of drug-likeness (QED) is 0.903. The predicted molar refractivity (Wildman–Crippen MR) is 83.1 cm³/mol. The highest BCUT2D eigenvalue weighted by Gasteiger charge is 2.30. The van der Waals surface area contributed by atoms with Crippen molar-refractivity contribution in [3.63, 3.8) is 0 Å². The highest BCUT2D eigenvalue weighted by molar-refractivity contribution is 8.00. The first-order valence-electron chi connectivity index (χ1n) is 7.60. The van der Waals surface area contributed by atoms with E-state index in [0.29, 0.717) is 10.8 Å². The van der Waals surface area contributed by atoms with Crippen LogP contribution in [0, 0.1) is 6.92 Å². The van der Waals surface area contributed by atoms with Crippen LogP contribution in [0.25, 0.3) is 0 Å². The van der Waals surface area contributed by atoms with Gasteiger partial charge in [0, 0.05) is 23.5 Å². The second kappa shape index (κ2) is 5.39. The zero-order valence-electron chi connectivity index (χ0n) is 12.1. The van der Waals surface area contributed by atoms with Gasteiger partial charge in [-0.15, -0.1) is 0 Å². The summed E-state index contributed by atoms with van der Waals surface area (Å²) in [6, 6.07) is 0.674. The molecule has 2 heterocycles. The van der Waals surface area contributed by atoms with Gasteiger partial charge in [0.15, 0.2) is 0 Å². The molecule has 3 rings (SSSR count). The Morgan fingerprint density at radius 1 is 1.42 bits per heavy atom. The predicted octanol–water partition coefficient (Wildman–Crippen LogP) is 4.00. The normalized spacial score (nSPS) is 28.1. The molecule has 106 valence electrons. The summed E-state index contributed by atoms with van der Waals surface area (Å²) in [6.07, 6.45) is 10.3. The summed E-state index contributed by atoms with van der Waals surface area (Å²) in [5, 5.41) is 3.62. The monoisotopic (exact) mass is 279 g/mol. The summed E-state index contributed by atoms with van der Waals surface area (Å²) in [7, 11) is 0. The van der Waals surface area contributed by atoms with E-state index in [2.05, 4.69) is 46.7 Å². The summed E-state index contributed by atoms with van der Waals surface area (Å²) in [5.41, 5.74) is 1.14. The molecule has 1 saturated carbocycles. The number of hydrogen-bond donors (Lipinski definition) is 1. The summed E-state index contributed by atoms with van der Waals surface area (Å²) in [4.78, 5) is 4.69. The van der Waals surface area contributed by atoms with Crippen molar-refractivity contribution in [1.82, 2.24) is 9.55 Å². The summed E-state index contributed by atoms with van der Waals surface area (Å²) < 4.78 is 2.80. The van der Waals surface area contributed by atoms with Gasteiger partial charge in [-0.05, 0) is 45.3 Å². The molecule has 0 aromatic carbocycles. The molecule has 0 bridgehead atoms. The molecule has 1 aliphatic heterocycles. The molecule has 1 N–H and O–H groups in total. The van der Waals surface area contributed by atoms with Gasteiger partial charge in [-0.25, -0.2) is 4.98 Å². The number of imidazole rings is 1. The van der Waals surface area contributed by atoms with Gasteiger partial charge in [-0.2, -0.15) is 11.8 Å². The molecular formula is C15H25N3S. The van der Waals surface area contributed by atoms with Crippen LogP contribution >= 0.6 is 11.8 Å². The average Bonchev–Trinajstić information content (AvgIpc) is 3.07. The van der Waals surface area contributed by atoms with E-state index in [1.54, 1.807) is 0 Å². The fraction of sp³-hybridized carbons (Fsp3) is 0.800. The number of hydrogen-bond acceptors (Lipinski definition) is 3. The Kier molecular flexibility index (Phi) is 3.79. The maximum Gasteiger partial charge on any atom is 0.203 e. The maximum absolute atomic E-state index is 4.69. The van der Waals surface area contributed by atoms with Crippen LogP contribution in [0.4, 0.5) is 5.95 Å². The Bertz CT molecular complexity index is 429. The minimum Gasteiger partial charge on any atom is -0.354 e. The molecule has 3 nitrogen and oxygen atoms in total. The highest BCUT2D eigenvalue weighted by atomic mass is 32.2. The Labute approximate surface area is 120 Å². The SMILES string of the molecule is Cc1cn(C2CCCC2)c(NCC2(C)CCCS2)n1. The largest absolute Gasteiger partial charge is 0.354 e. The fourth-order valence-electron chi connectivity index (χ4n) is 3.35. The van der Waals surface area contributed by atoms with E-state index in [4.69, 9.17) is 0 Å². The van der Waals surface area contributed by atoms with E-state index >= 15 is 0 Å². The van der Waals surface area contributed by atoms with E-state index in [-0.39, 0.29) is 0 Å². The molecule has 0 spiro atoms. The second-order valence-corrected chi connectivity index (χ2v) is 7.99. The number of anilines is 1. The Balaban J connectivity index is 1.69. The molecule has 19 heavy (non-hydrogen) atoms. The number of rotatable bonds is 4. The van der Waals surface area contributed by atoms with Crippen LogP contribution in [0.3, 0.4) is 0 Å². The molecule has 1 aromatic rings. The summed E-state index contributed by atoms with van der Waals surface area (Å²) >= 11 is 2.11. The van der Waals surface area contributed by atoms with Crippen molar-refractivity contribution in [3.05, 3.63) is 11.9 Å². The topological polar surface area (TPSA) is 29.9 Å². The molecule has 0 radical (unpaired) electrons. The third kappa shape index (κ3) is 2.93. The van der Waals surface area contributed by atoms with E-state index in [0.717, 1.165) is 18.2 Å². The van der Waals surface area contributed by atoms with E-state index in [1.807, 2.05) is 0 Å². The van der Waals surface area contributed by atoms with Crippen molar-refractivity contribution in [2.75, 3.05) is 17.6 Å². The average molecular weight is 279 g/mol. The number of aryl methyl sites for hydroxylation is 1. The van der Waals surface area contributed by atoms with Crippen LogP contribution in [0.2, 0.25) is 0 Å². The highest BCUT2D eigenvalue weighted by Crippen LogP contribution is 2.38. The van der Waals surface area contributed by atoms with Gasteiger partial charge >= 0.3 is 0 Å². The number of nitrogens with zero attached hydrogens (tertiary/aromatic N) is 2. The molecule has 1 aromatic heterocycles. The van der Waals surface area contributed by atoms with Gasteiger partial charge in [0.1, 0.15) is 0 Å². The third-order valence-corrected chi connectivity index (χ3v) is 6.03. The van der Waals surface area contributed by atoms with Crippen molar-refractivity contribution in [2.24, 2.45) is 0 Å². The van der Waals surface area contributed by atoms with E-state index < -0.39 is 0 Å². The van der Waals surface area contributed by atoms with Gasteiger partial charge in [-0.1, -0.05) is 12.8 Å². The van der Waals surface area contributed by atoms with Crippen LogP contribution in [-0.2, 0) is 0 Å². The number of aromatic nitrogens is 2. The van der Waals surface area contributed by atoms with Gasteiger partial charge in [0.05, 0.1) is 5.69 Å². The number of thioether (sulfide) groups is 1. The van der Waals surface area contributed by atoms with Crippen LogP contribution in [-0.4, -0.2) is 26.6 Å². The maximum atomic E-state index is 4.69. The minimum atomic E-state index is 0.403. The summed E-state index contributed by atoms with van der Waals surface area (Å²) in [6.45, 7) is 5.52. The molecule has 2 aliphatic rings. The zero-order chi connectivity index (χ0) is 13.3. The molecule has 0 amide bonds. The lowest BCUT2D eigenvalue weighted by Crippen LogP contribution is -2.28. The Hall–Kier alpha value is -0.640. The number of nitrogens with one attached hydrogen (secondary N) is 1. The molecule has 1 aliphatic carbocycles. The molecule has 1 unspecified atom stereocenters. The van der Waals surface area contributed by atoms with Crippen molar-refractivity contribution in [2.45, 2.75) is 63.2 Å². The summed E-state index contributed by atoms with van der Waals surface area (Å²) in [5.74, 6) is 2.41. The van der Waals surface area contributed by atoms with E-state index in [9.17, 15) is 0 Å². The van der Waals surface area contributed by atoms with Crippen molar-refractivity contribution in [3.8, 4) is 0 Å². The van der Waals surface area contributed by atoms with Crippen LogP contribution in [0.15, 0.2) is 6.20 Å². The van der Waals surface area contributed by atoms with Gasteiger partial charge in [0.25, 0.3) is 0 Å². The van der Waals surface area contributed by atoms with Gasteiger partial charge < -0.3 is 9.88 Å². The van der Waals surface area contributed by atoms with Gasteiger partial charge in [0.2, 0.25) is 5.95 Å². The molecular weight excluding hydrogens is 254 g/mol. The standard InChI is InChI=1S/C15H25N3S/c1-12-10-18(13-6-3-4-7-13)14(17-12)16-11-15(2)8-5-9-19-15/h10,13H,3-9,11H2,1-2H3,(H,16,17). The lowest BCUT2D eigenvalue weighted by Gasteiger charge is -2.24. The van der Waals surface area contributed by atoms with Crippen molar-refractivity contribution in [1.29, 1.82) is 0 Å². The zero-order valence-corrected chi connectivity index (χ0v) is 12.9. The lowest BCUT2D eigenvalue weighted by atomic mass is 10.1. The second-order valence-electron chi connectivity index (χ2n) is 6.31. The first kappa shape index (κ1) is 13.3. The lowest BCUT2D eigenvalue weighted by molar-refractivity contribution is 0.520. The fourth-order valence-corrected chi connectivity index (χ4v) is 4.59.